The summed E-state index contributed by atoms with van der Waals surface area (Å²) < 4.78 is 7.77. The molecule has 0 N–H and O–H groups in total. The van der Waals surface area contributed by atoms with Crippen LogP contribution in [0.2, 0.25) is 0 Å². The molecule has 1 aromatic heterocycles. The monoisotopic (exact) mass is 395 g/mol. The summed E-state index contributed by atoms with van der Waals surface area (Å²) in [6, 6.07) is 6.16. The topological polar surface area (TPSA) is 45.7 Å². The second-order valence-electron chi connectivity index (χ2n) is 5.92. The maximum atomic E-state index is 12.4. The first kappa shape index (κ1) is 15.4. The zero-order valence-corrected chi connectivity index (χ0v) is 15.1. The van der Waals surface area contributed by atoms with Gasteiger partial charge in [0.15, 0.2) is 5.13 Å². The van der Waals surface area contributed by atoms with Gasteiger partial charge in [-0.25, -0.2) is 4.98 Å². The highest BCUT2D eigenvalue weighted by molar-refractivity contribution is 9.10. The fraction of sp³-hybridized carbons (Fsp3) is 0.500. The van der Waals surface area contributed by atoms with Crippen molar-refractivity contribution in [3.05, 3.63) is 22.7 Å². The maximum Gasteiger partial charge on any atom is 0.251 e. The molecule has 0 bridgehead atoms. The molecule has 4 rings (SSSR count). The Hall–Kier alpha value is -1.18. The van der Waals surface area contributed by atoms with Gasteiger partial charge in [0, 0.05) is 37.3 Å². The van der Waals surface area contributed by atoms with E-state index in [4.69, 9.17) is 9.72 Å². The molecule has 0 saturated carbocycles. The van der Waals surface area contributed by atoms with Gasteiger partial charge in [-0.3, -0.25) is 4.79 Å². The maximum absolute atomic E-state index is 12.4. The predicted octanol–water partition coefficient (Wildman–Crippen LogP) is 2.89. The first-order valence-electron chi connectivity index (χ1n) is 7.92. The van der Waals surface area contributed by atoms with Gasteiger partial charge in [0.05, 0.1) is 10.2 Å². The number of aromatic nitrogens is 1. The number of carbonyl (C=O) groups excluding carboxylic acids is 1. The molecule has 2 aliphatic rings. The van der Waals surface area contributed by atoms with Gasteiger partial charge in [-0.05, 0) is 31.0 Å². The van der Waals surface area contributed by atoms with E-state index in [9.17, 15) is 4.79 Å². The second kappa shape index (κ2) is 6.37. The van der Waals surface area contributed by atoms with Crippen LogP contribution in [0.4, 0.5) is 5.13 Å². The molecule has 0 aliphatic carbocycles. The van der Waals surface area contributed by atoms with Gasteiger partial charge in [-0.2, -0.15) is 0 Å². The van der Waals surface area contributed by atoms with E-state index in [2.05, 4.69) is 26.9 Å². The van der Waals surface area contributed by atoms with Crippen molar-refractivity contribution in [1.82, 2.24) is 9.88 Å². The minimum absolute atomic E-state index is 0.162. The summed E-state index contributed by atoms with van der Waals surface area (Å²) in [6.07, 6.45) is 1.66. The lowest BCUT2D eigenvalue weighted by Gasteiger charge is -2.35. The normalized spacial score (nSPS) is 22.0. The average Bonchev–Trinajstić information content (AvgIpc) is 3.23. The van der Waals surface area contributed by atoms with E-state index >= 15 is 0 Å². The van der Waals surface area contributed by atoms with Crippen molar-refractivity contribution in [2.45, 2.75) is 18.9 Å². The number of thiazole rings is 1. The SMILES string of the molecule is O=C(C1CCCO1)N1CCN(c2nc3ccc(Br)cc3s2)CC1. The largest absolute Gasteiger partial charge is 0.368 e. The third-order valence-electron chi connectivity index (χ3n) is 4.41. The lowest BCUT2D eigenvalue weighted by atomic mass is 10.2. The molecule has 0 radical (unpaired) electrons. The Kier molecular flexibility index (Phi) is 4.26. The number of ether oxygens (including phenoxy) is 1. The molecule has 1 aromatic carbocycles. The molecule has 5 nitrogen and oxygen atoms in total. The summed E-state index contributed by atoms with van der Waals surface area (Å²) >= 11 is 5.21. The van der Waals surface area contributed by atoms with Gasteiger partial charge < -0.3 is 14.5 Å². The number of rotatable bonds is 2. The Labute approximate surface area is 147 Å². The summed E-state index contributed by atoms with van der Waals surface area (Å²) in [4.78, 5) is 21.3. The zero-order valence-electron chi connectivity index (χ0n) is 12.7. The van der Waals surface area contributed by atoms with Crippen LogP contribution in [-0.4, -0.2) is 54.7 Å². The molecule has 2 fully saturated rings. The van der Waals surface area contributed by atoms with Crippen molar-refractivity contribution in [2.75, 3.05) is 37.7 Å². The van der Waals surface area contributed by atoms with Crippen LogP contribution in [0.5, 0.6) is 0 Å². The molecular weight excluding hydrogens is 378 g/mol. The van der Waals surface area contributed by atoms with E-state index in [0.717, 1.165) is 60.7 Å². The van der Waals surface area contributed by atoms with E-state index in [1.54, 1.807) is 11.3 Å². The number of amides is 1. The van der Waals surface area contributed by atoms with Gasteiger partial charge in [-0.1, -0.05) is 27.3 Å². The second-order valence-corrected chi connectivity index (χ2v) is 7.85. The van der Waals surface area contributed by atoms with Gasteiger partial charge in [0.2, 0.25) is 0 Å². The first-order valence-corrected chi connectivity index (χ1v) is 9.53. The highest BCUT2D eigenvalue weighted by Crippen LogP contribution is 2.31. The summed E-state index contributed by atoms with van der Waals surface area (Å²) in [5.74, 6) is 0.162. The molecule has 2 saturated heterocycles. The molecule has 122 valence electrons. The minimum atomic E-state index is -0.207. The van der Waals surface area contributed by atoms with Crippen LogP contribution < -0.4 is 4.90 Å². The molecule has 7 heteroatoms. The fourth-order valence-electron chi connectivity index (χ4n) is 3.12. The molecule has 1 amide bonds. The minimum Gasteiger partial charge on any atom is -0.368 e. The predicted molar refractivity (Wildman–Crippen MR) is 95.1 cm³/mol. The number of carbonyl (C=O) groups is 1. The van der Waals surface area contributed by atoms with Crippen molar-refractivity contribution < 1.29 is 9.53 Å². The number of hydrogen-bond acceptors (Lipinski definition) is 5. The molecule has 2 aromatic rings. The number of piperazine rings is 1. The van der Waals surface area contributed by atoms with E-state index in [0.29, 0.717) is 0 Å². The zero-order chi connectivity index (χ0) is 15.8. The average molecular weight is 396 g/mol. The van der Waals surface area contributed by atoms with Gasteiger partial charge in [0.25, 0.3) is 5.91 Å². The third-order valence-corrected chi connectivity index (χ3v) is 5.98. The number of anilines is 1. The number of halogens is 1. The Balaban J connectivity index is 1.43. The van der Waals surface area contributed by atoms with Crippen LogP contribution in [0.3, 0.4) is 0 Å². The number of hydrogen-bond donors (Lipinski definition) is 0. The van der Waals surface area contributed by atoms with Crippen LogP contribution in [-0.2, 0) is 9.53 Å². The first-order chi connectivity index (χ1) is 11.2. The van der Waals surface area contributed by atoms with E-state index < -0.39 is 0 Å². The van der Waals surface area contributed by atoms with Crippen LogP contribution in [0.25, 0.3) is 10.2 Å². The summed E-state index contributed by atoms with van der Waals surface area (Å²) in [5.41, 5.74) is 1.03. The van der Waals surface area contributed by atoms with Crippen LogP contribution in [0.1, 0.15) is 12.8 Å². The van der Waals surface area contributed by atoms with Crippen LogP contribution in [0, 0.1) is 0 Å². The molecular formula is C16H18BrN3O2S. The smallest absolute Gasteiger partial charge is 0.251 e. The highest BCUT2D eigenvalue weighted by atomic mass is 79.9. The van der Waals surface area contributed by atoms with Crippen LogP contribution >= 0.6 is 27.3 Å². The van der Waals surface area contributed by atoms with Gasteiger partial charge in [-0.15, -0.1) is 0 Å². The lowest BCUT2D eigenvalue weighted by Crippen LogP contribution is -2.51. The molecule has 1 unspecified atom stereocenters. The van der Waals surface area contributed by atoms with Crippen molar-refractivity contribution in [3.63, 3.8) is 0 Å². The summed E-state index contributed by atoms with van der Waals surface area (Å²) in [6.45, 7) is 3.88. The standard InChI is InChI=1S/C16H18BrN3O2S/c17-11-3-4-12-14(10-11)23-16(18-12)20-7-5-19(6-8-20)15(21)13-2-1-9-22-13/h3-4,10,13H,1-2,5-9H2. The van der Waals surface area contributed by atoms with Crippen molar-refractivity contribution >= 4 is 48.5 Å². The molecule has 2 aliphatic heterocycles. The fourth-order valence-corrected chi connectivity index (χ4v) is 4.68. The molecule has 0 spiro atoms. The Morgan fingerprint density at radius 1 is 1.30 bits per heavy atom. The van der Waals surface area contributed by atoms with Crippen molar-refractivity contribution in [3.8, 4) is 0 Å². The van der Waals surface area contributed by atoms with Crippen LogP contribution in [0.15, 0.2) is 22.7 Å². The molecule has 23 heavy (non-hydrogen) atoms. The van der Waals surface area contributed by atoms with E-state index in [1.165, 1.54) is 4.70 Å². The molecule has 3 heterocycles. The summed E-state index contributed by atoms with van der Waals surface area (Å²) in [7, 11) is 0. The van der Waals surface area contributed by atoms with E-state index in [-0.39, 0.29) is 12.0 Å². The lowest BCUT2D eigenvalue weighted by molar-refractivity contribution is -0.141. The summed E-state index contributed by atoms with van der Waals surface area (Å²) in [5, 5.41) is 1.04. The highest BCUT2D eigenvalue weighted by Gasteiger charge is 2.30. The number of benzene rings is 1. The van der Waals surface area contributed by atoms with E-state index in [1.807, 2.05) is 17.0 Å². The number of nitrogens with zero attached hydrogens (tertiary/aromatic N) is 3. The third kappa shape index (κ3) is 3.09. The quantitative estimate of drug-likeness (QED) is 0.783. The van der Waals surface area contributed by atoms with Gasteiger partial charge in [0.1, 0.15) is 6.10 Å². The Bertz CT molecular complexity index is 721. The number of fused-ring (bicyclic) bond motifs is 1. The van der Waals surface area contributed by atoms with Crippen molar-refractivity contribution in [2.24, 2.45) is 0 Å². The van der Waals surface area contributed by atoms with Crippen molar-refractivity contribution in [1.29, 1.82) is 0 Å². The Morgan fingerprint density at radius 3 is 2.87 bits per heavy atom. The Morgan fingerprint density at radius 2 is 2.13 bits per heavy atom. The van der Waals surface area contributed by atoms with Gasteiger partial charge >= 0.3 is 0 Å². The molecule has 1 atom stereocenters.